The molecule has 0 radical (unpaired) electrons. The second kappa shape index (κ2) is 9.40. The van der Waals surface area contributed by atoms with Crippen molar-refractivity contribution in [3.8, 4) is 11.3 Å². The third-order valence-corrected chi connectivity index (χ3v) is 8.83. The number of ketones is 1. The van der Waals surface area contributed by atoms with Gasteiger partial charge in [0.1, 0.15) is 9.97 Å². The quantitative estimate of drug-likeness (QED) is 0.517. The van der Waals surface area contributed by atoms with Crippen molar-refractivity contribution >= 4 is 33.1 Å². The Bertz CT molecular complexity index is 1220. The van der Waals surface area contributed by atoms with Crippen LogP contribution in [0.3, 0.4) is 0 Å². The van der Waals surface area contributed by atoms with E-state index in [0.717, 1.165) is 29.7 Å². The molecule has 0 aliphatic carbocycles. The zero-order valence-corrected chi connectivity index (χ0v) is 19.3. The summed E-state index contributed by atoms with van der Waals surface area (Å²) >= 11 is 1.17. The van der Waals surface area contributed by atoms with Gasteiger partial charge in [-0.1, -0.05) is 30.7 Å². The number of nitrogens with one attached hydrogen (secondary N) is 1. The summed E-state index contributed by atoms with van der Waals surface area (Å²) in [6.07, 6.45) is 2.84. The highest BCUT2D eigenvalue weighted by atomic mass is 32.2. The molecule has 0 spiro atoms. The van der Waals surface area contributed by atoms with Gasteiger partial charge in [0.05, 0.1) is 6.54 Å². The van der Waals surface area contributed by atoms with Crippen LogP contribution in [0.15, 0.2) is 57.2 Å². The van der Waals surface area contributed by atoms with Gasteiger partial charge in [0, 0.05) is 29.1 Å². The minimum absolute atomic E-state index is 0.0171. The lowest BCUT2D eigenvalue weighted by molar-refractivity contribution is 0.0924. The van der Waals surface area contributed by atoms with Crippen molar-refractivity contribution in [2.75, 3.05) is 13.1 Å². The van der Waals surface area contributed by atoms with Gasteiger partial charge in [-0.05, 0) is 44.0 Å². The highest BCUT2D eigenvalue weighted by molar-refractivity contribution is 7.91. The van der Waals surface area contributed by atoms with Gasteiger partial charge in [-0.15, -0.1) is 11.3 Å². The van der Waals surface area contributed by atoms with E-state index in [2.05, 4.69) is 5.32 Å². The lowest BCUT2D eigenvalue weighted by Crippen LogP contribution is -2.35. The molecule has 0 saturated carbocycles. The van der Waals surface area contributed by atoms with Crippen molar-refractivity contribution in [3.05, 3.63) is 64.7 Å². The molecule has 3 heterocycles. The van der Waals surface area contributed by atoms with Crippen LogP contribution in [0.2, 0.25) is 0 Å². The Labute approximate surface area is 191 Å². The minimum atomic E-state index is -3.47. The number of rotatable bonds is 7. The maximum absolute atomic E-state index is 12.8. The highest BCUT2D eigenvalue weighted by Crippen LogP contribution is 2.27. The van der Waals surface area contributed by atoms with Crippen molar-refractivity contribution in [1.82, 2.24) is 9.62 Å². The summed E-state index contributed by atoms with van der Waals surface area (Å²) in [6.45, 7) is 2.83. The smallest absolute Gasteiger partial charge is 0.287 e. The fraction of sp³-hybridized carbons (Fsp3) is 0.304. The first-order valence-electron chi connectivity index (χ1n) is 10.4. The number of hydrogen-bond donors (Lipinski definition) is 1. The summed E-state index contributed by atoms with van der Waals surface area (Å²) in [6, 6.07) is 13.6. The van der Waals surface area contributed by atoms with E-state index in [1.807, 2.05) is 0 Å². The molecule has 2 aromatic heterocycles. The van der Waals surface area contributed by atoms with Crippen LogP contribution in [-0.2, 0) is 16.6 Å². The van der Waals surface area contributed by atoms with E-state index in [4.69, 9.17) is 4.42 Å². The molecular weight excluding hydrogens is 448 g/mol. The Kier molecular flexibility index (Phi) is 6.59. The van der Waals surface area contributed by atoms with Crippen LogP contribution in [0.25, 0.3) is 11.3 Å². The molecule has 0 atom stereocenters. The number of Topliss-reactive ketones (excluding diaryl/α,β-unsaturated/α-hetero) is 1. The molecule has 1 N–H and O–H groups in total. The zero-order chi connectivity index (χ0) is 22.7. The Morgan fingerprint density at radius 3 is 2.41 bits per heavy atom. The molecular formula is C23H24N2O5S2. The second-order valence-corrected chi connectivity index (χ2v) is 11.0. The van der Waals surface area contributed by atoms with E-state index in [1.165, 1.54) is 22.6 Å². The first kappa shape index (κ1) is 22.4. The topological polar surface area (TPSA) is 96.7 Å². The van der Waals surface area contributed by atoms with Crippen molar-refractivity contribution in [1.29, 1.82) is 0 Å². The molecule has 4 rings (SSSR count). The van der Waals surface area contributed by atoms with Crippen molar-refractivity contribution < 1.29 is 22.4 Å². The maximum atomic E-state index is 12.8. The Morgan fingerprint density at radius 1 is 1.00 bits per heavy atom. The van der Waals surface area contributed by atoms with Crippen LogP contribution >= 0.6 is 11.3 Å². The first-order valence-corrected chi connectivity index (χ1v) is 12.7. The molecule has 3 aromatic rings. The molecule has 1 aliphatic rings. The van der Waals surface area contributed by atoms with E-state index >= 15 is 0 Å². The largest absolute Gasteiger partial charge is 0.451 e. The number of carbonyl (C=O) groups is 2. The summed E-state index contributed by atoms with van der Waals surface area (Å²) < 4.78 is 33.0. The molecule has 1 fully saturated rings. The van der Waals surface area contributed by atoms with Gasteiger partial charge in [-0.25, -0.2) is 8.42 Å². The summed E-state index contributed by atoms with van der Waals surface area (Å²) in [5.74, 6) is 0.284. The average molecular weight is 473 g/mol. The van der Waals surface area contributed by atoms with Gasteiger partial charge in [-0.2, -0.15) is 4.31 Å². The van der Waals surface area contributed by atoms with Crippen molar-refractivity contribution in [2.24, 2.45) is 0 Å². The molecule has 1 aromatic carbocycles. The maximum Gasteiger partial charge on any atom is 0.287 e. The van der Waals surface area contributed by atoms with Crippen LogP contribution in [0, 0.1) is 0 Å². The van der Waals surface area contributed by atoms with Crippen LogP contribution in [0.5, 0.6) is 0 Å². The summed E-state index contributed by atoms with van der Waals surface area (Å²) in [4.78, 5) is 24.6. The molecule has 1 amide bonds. The van der Waals surface area contributed by atoms with Crippen LogP contribution in [0.1, 0.15) is 52.0 Å². The SMILES string of the molecule is CC(=O)c1ccc(-c2ccc(C(=O)NCc3ccc(S(=O)(=O)N4CCCCC4)s3)o2)cc1. The number of hydrogen-bond acceptors (Lipinski definition) is 6. The summed E-state index contributed by atoms with van der Waals surface area (Å²) in [5.41, 5.74) is 1.37. The monoisotopic (exact) mass is 472 g/mol. The number of thiophene rings is 1. The number of sulfonamides is 1. The van der Waals surface area contributed by atoms with Gasteiger partial charge in [0.25, 0.3) is 15.9 Å². The average Bonchev–Trinajstić information content (AvgIpc) is 3.49. The van der Waals surface area contributed by atoms with Crippen molar-refractivity contribution in [2.45, 2.75) is 36.9 Å². The highest BCUT2D eigenvalue weighted by Gasteiger charge is 2.27. The van der Waals surface area contributed by atoms with Crippen LogP contribution < -0.4 is 5.32 Å². The Balaban J connectivity index is 1.38. The summed E-state index contributed by atoms with van der Waals surface area (Å²) in [5, 5.41) is 2.77. The normalized spacial score (nSPS) is 14.9. The second-order valence-electron chi connectivity index (χ2n) is 7.67. The molecule has 7 nitrogen and oxygen atoms in total. The molecule has 168 valence electrons. The van der Waals surface area contributed by atoms with E-state index < -0.39 is 10.0 Å². The molecule has 1 saturated heterocycles. The lowest BCUT2D eigenvalue weighted by atomic mass is 10.1. The number of piperidine rings is 1. The predicted octanol–water partition coefficient (Wildman–Crippen LogP) is 4.32. The Hall–Kier alpha value is -2.75. The van der Waals surface area contributed by atoms with Gasteiger partial charge < -0.3 is 9.73 Å². The van der Waals surface area contributed by atoms with E-state index in [9.17, 15) is 18.0 Å². The van der Waals surface area contributed by atoms with Crippen LogP contribution in [-0.4, -0.2) is 37.5 Å². The molecule has 0 unspecified atom stereocenters. The van der Waals surface area contributed by atoms with Crippen LogP contribution in [0.4, 0.5) is 0 Å². The third-order valence-electron chi connectivity index (χ3n) is 5.38. The van der Waals surface area contributed by atoms with E-state index in [-0.39, 0.29) is 24.0 Å². The number of carbonyl (C=O) groups excluding carboxylic acids is 2. The number of nitrogens with zero attached hydrogens (tertiary/aromatic N) is 1. The molecule has 0 bridgehead atoms. The standard InChI is InChI=1S/C23H24N2O5S2/c1-16(26)17-5-7-18(8-6-17)20-10-11-21(30-20)23(27)24-15-19-9-12-22(31-19)32(28,29)25-13-3-2-4-14-25/h5-12H,2-4,13-15H2,1H3,(H,24,27). The lowest BCUT2D eigenvalue weighted by Gasteiger charge is -2.25. The molecule has 9 heteroatoms. The zero-order valence-electron chi connectivity index (χ0n) is 17.7. The fourth-order valence-corrected chi connectivity index (χ4v) is 6.53. The van der Waals surface area contributed by atoms with Gasteiger partial charge >= 0.3 is 0 Å². The minimum Gasteiger partial charge on any atom is -0.451 e. The number of amides is 1. The van der Waals surface area contributed by atoms with E-state index in [0.29, 0.717) is 28.6 Å². The molecule has 32 heavy (non-hydrogen) atoms. The van der Waals surface area contributed by atoms with E-state index in [1.54, 1.807) is 48.5 Å². The predicted molar refractivity (Wildman–Crippen MR) is 122 cm³/mol. The third kappa shape index (κ3) is 4.85. The van der Waals surface area contributed by atoms with Gasteiger partial charge in [0.2, 0.25) is 0 Å². The Morgan fingerprint density at radius 2 is 1.72 bits per heavy atom. The molecule has 1 aliphatic heterocycles. The fourth-order valence-electron chi connectivity index (χ4n) is 3.56. The number of furan rings is 1. The first-order chi connectivity index (χ1) is 15.3. The van der Waals surface area contributed by atoms with Gasteiger partial charge in [-0.3, -0.25) is 9.59 Å². The summed E-state index contributed by atoms with van der Waals surface area (Å²) in [7, 11) is -3.47. The van der Waals surface area contributed by atoms with Crippen molar-refractivity contribution in [3.63, 3.8) is 0 Å². The number of benzene rings is 1. The van der Waals surface area contributed by atoms with Gasteiger partial charge in [0.15, 0.2) is 11.5 Å².